The number of thiophene rings is 1. The molecule has 30 heavy (non-hydrogen) atoms. The van der Waals surface area contributed by atoms with E-state index in [1.165, 1.54) is 13.1 Å². The number of nitrogens with zero attached hydrogens (tertiary/aromatic N) is 1. The summed E-state index contributed by atoms with van der Waals surface area (Å²) in [6.07, 6.45) is 0. The van der Waals surface area contributed by atoms with Crippen molar-refractivity contribution in [2.75, 3.05) is 18.0 Å². The number of carbonyl (C=O) groups is 1. The molecule has 0 atom stereocenters. The van der Waals surface area contributed by atoms with Gasteiger partial charge in [0.15, 0.2) is 6.61 Å². The number of hydrogen-bond acceptors (Lipinski definition) is 5. The number of benzene rings is 2. The number of nitrogens with one attached hydrogen (secondary N) is 1. The Balaban J connectivity index is 1.53. The lowest BCUT2D eigenvalue weighted by atomic mass is 10.2. The number of carbonyl (C=O) groups excluding carboxylic acids is 1. The van der Waals surface area contributed by atoms with E-state index in [1.807, 2.05) is 0 Å². The van der Waals surface area contributed by atoms with Crippen molar-refractivity contribution in [3.63, 3.8) is 0 Å². The summed E-state index contributed by atoms with van der Waals surface area (Å²) in [7, 11) is -2.18. The van der Waals surface area contributed by atoms with Crippen LogP contribution in [0.4, 0.5) is 14.5 Å². The standard InChI is InChI=1S/C20H18F2N2O4S2/c1-24(30(26,27)20-3-2-8-29-20)17-4-6-18(7-5-17)28-13-19(25)23-12-14-9-15(21)11-16(22)10-14/h2-11H,12-13H2,1H3,(H,23,25). The van der Waals surface area contributed by atoms with Crippen molar-refractivity contribution in [3.05, 3.63) is 77.2 Å². The number of amides is 1. The summed E-state index contributed by atoms with van der Waals surface area (Å²) in [5.41, 5.74) is 0.730. The molecule has 1 N–H and O–H groups in total. The van der Waals surface area contributed by atoms with Gasteiger partial charge in [-0.15, -0.1) is 11.3 Å². The molecule has 1 aromatic heterocycles. The molecule has 6 nitrogen and oxygen atoms in total. The minimum absolute atomic E-state index is 0.0405. The van der Waals surface area contributed by atoms with E-state index in [2.05, 4.69) is 5.32 Å². The molecule has 10 heteroatoms. The van der Waals surface area contributed by atoms with Crippen molar-refractivity contribution in [3.8, 4) is 5.75 Å². The number of hydrogen-bond donors (Lipinski definition) is 1. The average Bonchev–Trinajstić information content (AvgIpc) is 3.25. The first-order valence-corrected chi connectivity index (χ1v) is 11.0. The minimum Gasteiger partial charge on any atom is -0.484 e. The largest absolute Gasteiger partial charge is 0.484 e. The van der Waals surface area contributed by atoms with Crippen molar-refractivity contribution in [1.29, 1.82) is 0 Å². The molecule has 0 aliphatic rings. The zero-order valence-electron chi connectivity index (χ0n) is 15.8. The number of halogens is 2. The van der Waals surface area contributed by atoms with Crippen molar-refractivity contribution in [2.45, 2.75) is 10.8 Å². The molecule has 0 spiro atoms. The van der Waals surface area contributed by atoms with Gasteiger partial charge in [-0.3, -0.25) is 9.10 Å². The lowest BCUT2D eigenvalue weighted by molar-refractivity contribution is -0.123. The van der Waals surface area contributed by atoms with Crippen LogP contribution >= 0.6 is 11.3 Å². The quantitative estimate of drug-likeness (QED) is 0.567. The molecule has 1 heterocycles. The average molecular weight is 453 g/mol. The molecular weight excluding hydrogens is 434 g/mol. The van der Waals surface area contributed by atoms with Crippen LogP contribution in [0.2, 0.25) is 0 Å². The number of sulfonamides is 1. The number of anilines is 1. The van der Waals surface area contributed by atoms with Gasteiger partial charge in [0.1, 0.15) is 21.6 Å². The van der Waals surface area contributed by atoms with Crippen LogP contribution in [0.5, 0.6) is 5.75 Å². The van der Waals surface area contributed by atoms with E-state index in [0.29, 0.717) is 17.0 Å². The lowest BCUT2D eigenvalue weighted by Gasteiger charge is -2.18. The van der Waals surface area contributed by atoms with Gasteiger partial charge in [0.05, 0.1) is 5.69 Å². The van der Waals surface area contributed by atoms with E-state index in [1.54, 1.807) is 35.7 Å². The highest BCUT2D eigenvalue weighted by Gasteiger charge is 2.22. The fourth-order valence-electron chi connectivity index (χ4n) is 2.55. The highest BCUT2D eigenvalue weighted by Crippen LogP contribution is 2.26. The van der Waals surface area contributed by atoms with Crippen LogP contribution in [-0.2, 0) is 21.4 Å². The smallest absolute Gasteiger partial charge is 0.273 e. The number of rotatable bonds is 8. The van der Waals surface area contributed by atoms with Gasteiger partial charge in [-0.05, 0) is 53.4 Å². The predicted molar refractivity (Wildman–Crippen MR) is 110 cm³/mol. The Labute approximate surface area is 176 Å². The van der Waals surface area contributed by atoms with Gasteiger partial charge >= 0.3 is 0 Å². The van der Waals surface area contributed by atoms with E-state index >= 15 is 0 Å². The third-order valence-corrected chi connectivity index (χ3v) is 7.25. The molecule has 0 aliphatic heterocycles. The molecule has 158 valence electrons. The second kappa shape index (κ2) is 9.23. The molecule has 3 aromatic rings. The first kappa shape index (κ1) is 21.7. The molecule has 0 fully saturated rings. The van der Waals surface area contributed by atoms with Gasteiger partial charge < -0.3 is 10.1 Å². The Morgan fingerprint density at radius 3 is 2.37 bits per heavy atom. The summed E-state index contributed by atoms with van der Waals surface area (Å²) in [6.45, 7) is -0.346. The van der Waals surface area contributed by atoms with Crippen LogP contribution in [-0.4, -0.2) is 28.0 Å². The van der Waals surface area contributed by atoms with E-state index < -0.39 is 27.6 Å². The maximum atomic E-state index is 13.1. The monoisotopic (exact) mass is 452 g/mol. The van der Waals surface area contributed by atoms with Crippen LogP contribution in [0.25, 0.3) is 0 Å². The zero-order valence-corrected chi connectivity index (χ0v) is 17.5. The van der Waals surface area contributed by atoms with Crippen LogP contribution in [0.1, 0.15) is 5.56 Å². The second-order valence-corrected chi connectivity index (χ2v) is 9.39. The Kier molecular flexibility index (Phi) is 6.68. The molecule has 1 amide bonds. The lowest BCUT2D eigenvalue weighted by Crippen LogP contribution is -2.28. The number of ether oxygens (including phenoxy) is 1. The fourth-order valence-corrected chi connectivity index (χ4v) is 4.91. The van der Waals surface area contributed by atoms with E-state index in [0.717, 1.165) is 33.8 Å². The Hall–Kier alpha value is -2.98. The van der Waals surface area contributed by atoms with Gasteiger partial charge in [-0.25, -0.2) is 17.2 Å². The maximum Gasteiger partial charge on any atom is 0.273 e. The van der Waals surface area contributed by atoms with Crippen LogP contribution in [0.3, 0.4) is 0 Å². The highest BCUT2D eigenvalue weighted by atomic mass is 32.2. The SMILES string of the molecule is CN(c1ccc(OCC(=O)NCc2cc(F)cc(F)c2)cc1)S(=O)(=O)c1cccs1. The maximum absolute atomic E-state index is 13.1. The van der Waals surface area contributed by atoms with Gasteiger partial charge in [-0.2, -0.15) is 0 Å². The molecular formula is C20H18F2N2O4S2. The Morgan fingerprint density at radius 2 is 1.77 bits per heavy atom. The first-order valence-electron chi connectivity index (χ1n) is 8.72. The predicted octanol–water partition coefficient (Wildman–Crippen LogP) is 3.55. The van der Waals surface area contributed by atoms with Crippen molar-refractivity contribution < 1.29 is 26.7 Å². The van der Waals surface area contributed by atoms with E-state index in [9.17, 15) is 22.0 Å². The topological polar surface area (TPSA) is 75.7 Å². The Bertz CT molecular complexity index is 1100. The molecule has 0 aliphatic carbocycles. The highest BCUT2D eigenvalue weighted by molar-refractivity contribution is 7.94. The summed E-state index contributed by atoms with van der Waals surface area (Å²) in [5.74, 6) is -1.54. The normalized spacial score (nSPS) is 11.2. The van der Waals surface area contributed by atoms with Gasteiger partial charge in [0.25, 0.3) is 15.9 Å². The van der Waals surface area contributed by atoms with Crippen LogP contribution in [0.15, 0.2) is 64.2 Å². The van der Waals surface area contributed by atoms with Gasteiger partial charge in [-0.1, -0.05) is 6.07 Å². The molecule has 0 saturated heterocycles. The van der Waals surface area contributed by atoms with E-state index in [-0.39, 0.29) is 17.4 Å². The molecule has 0 unspecified atom stereocenters. The Morgan fingerprint density at radius 1 is 1.10 bits per heavy atom. The molecule has 0 saturated carbocycles. The van der Waals surface area contributed by atoms with Crippen LogP contribution in [0, 0.1) is 11.6 Å². The third kappa shape index (κ3) is 5.33. The van der Waals surface area contributed by atoms with Crippen molar-refractivity contribution in [2.24, 2.45) is 0 Å². The van der Waals surface area contributed by atoms with Gasteiger partial charge in [0.2, 0.25) is 0 Å². The van der Waals surface area contributed by atoms with Gasteiger partial charge in [0, 0.05) is 19.7 Å². The molecule has 0 radical (unpaired) electrons. The summed E-state index contributed by atoms with van der Waals surface area (Å²) in [6, 6.07) is 12.4. The van der Waals surface area contributed by atoms with Crippen molar-refractivity contribution >= 4 is 33.0 Å². The summed E-state index contributed by atoms with van der Waals surface area (Å²) in [4.78, 5) is 11.9. The third-order valence-electron chi connectivity index (χ3n) is 4.09. The molecule has 3 rings (SSSR count). The molecule has 2 aromatic carbocycles. The first-order chi connectivity index (χ1) is 14.3. The summed E-state index contributed by atoms with van der Waals surface area (Å²) in [5, 5.41) is 4.19. The fraction of sp³-hybridized carbons (Fsp3) is 0.150. The summed E-state index contributed by atoms with van der Waals surface area (Å²) >= 11 is 1.13. The van der Waals surface area contributed by atoms with Crippen LogP contribution < -0.4 is 14.4 Å². The second-order valence-electron chi connectivity index (χ2n) is 6.24. The zero-order chi connectivity index (χ0) is 21.7. The van der Waals surface area contributed by atoms with E-state index in [4.69, 9.17) is 4.74 Å². The molecule has 0 bridgehead atoms. The minimum atomic E-state index is -3.63. The summed E-state index contributed by atoms with van der Waals surface area (Å²) < 4.78 is 58.1. The van der Waals surface area contributed by atoms with Crippen molar-refractivity contribution in [1.82, 2.24) is 5.32 Å².